The summed E-state index contributed by atoms with van der Waals surface area (Å²) < 4.78 is 44.2. The van der Waals surface area contributed by atoms with Crippen LogP contribution in [0, 0.1) is 0 Å². The van der Waals surface area contributed by atoms with Crippen LogP contribution >= 0.6 is 0 Å². The maximum absolute atomic E-state index is 13.1. The summed E-state index contributed by atoms with van der Waals surface area (Å²) in [6.45, 7) is 0.337. The normalized spacial score (nSPS) is 18.4. The first-order chi connectivity index (χ1) is 10.9. The molecule has 1 aliphatic rings. The summed E-state index contributed by atoms with van der Waals surface area (Å²) >= 11 is 0. The van der Waals surface area contributed by atoms with Crippen LogP contribution in [0.15, 0.2) is 30.5 Å². The Labute approximate surface area is 130 Å². The monoisotopic (exact) mass is 324 g/mol. The zero-order valence-electron chi connectivity index (χ0n) is 12.4. The second-order valence-electron chi connectivity index (χ2n) is 5.44. The van der Waals surface area contributed by atoms with Gasteiger partial charge in [-0.3, -0.25) is 4.98 Å². The van der Waals surface area contributed by atoms with Crippen LogP contribution in [0.1, 0.15) is 23.2 Å². The lowest BCUT2D eigenvalue weighted by Gasteiger charge is -2.28. The molecule has 2 heterocycles. The van der Waals surface area contributed by atoms with E-state index in [-0.39, 0.29) is 6.42 Å². The first-order valence-electron chi connectivity index (χ1n) is 7.22. The molecule has 0 aliphatic carbocycles. The van der Waals surface area contributed by atoms with Crippen molar-refractivity contribution in [1.82, 2.24) is 4.98 Å². The number of hydrogen-bond donors (Lipinski definition) is 0. The molecule has 1 fully saturated rings. The SMILES string of the molecule is COC(=O)c1ccnc2ccc(N3CCCC3C(F)(F)F)cc12. The number of fused-ring (bicyclic) bond motifs is 1. The van der Waals surface area contributed by atoms with Gasteiger partial charge in [0.25, 0.3) is 0 Å². The van der Waals surface area contributed by atoms with Gasteiger partial charge in [0.2, 0.25) is 0 Å². The molecule has 23 heavy (non-hydrogen) atoms. The first kappa shape index (κ1) is 15.6. The van der Waals surface area contributed by atoms with Gasteiger partial charge in [0.15, 0.2) is 0 Å². The minimum Gasteiger partial charge on any atom is -0.465 e. The van der Waals surface area contributed by atoms with Crippen LogP contribution in [0.5, 0.6) is 0 Å². The highest BCUT2D eigenvalue weighted by Gasteiger charge is 2.46. The molecular weight excluding hydrogens is 309 g/mol. The van der Waals surface area contributed by atoms with E-state index in [1.54, 1.807) is 18.2 Å². The van der Waals surface area contributed by atoms with Crippen LogP contribution in [0.2, 0.25) is 0 Å². The smallest absolute Gasteiger partial charge is 0.408 e. The zero-order valence-corrected chi connectivity index (χ0v) is 12.4. The number of nitrogens with zero attached hydrogens (tertiary/aromatic N) is 2. The Bertz CT molecular complexity index is 746. The molecule has 0 spiro atoms. The summed E-state index contributed by atoms with van der Waals surface area (Å²) in [5.41, 5.74) is 1.27. The average Bonchev–Trinajstić information content (AvgIpc) is 3.03. The van der Waals surface area contributed by atoms with E-state index >= 15 is 0 Å². The average molecular weight is 324 g/mol. The second-order valence-corrected chi connectivity index (χ2v) is 5.44. The van der Waals surface area contributed by atoms with Gasteiger partial charge in [-0.2, -0.15) is 13.2 Å². The van der Waals surface area contributed by atoms with Crippen molar-refractivity contribution in [1.29, 1.82) is 0 Å². The zero-order chi connectivity index (χ0) is 16.6. The number of aromatic nitrogens is 1. The van der Waals surface area contributed by atoms with E-state index in [2.05, 4.69) is 4.98 Å². The molecule has 1 unspecified atom stereocenters. The van der Waals surface area contributed by atoms with Crippen LogP contribution in [0.25, 0.3) is 10.9 Å². The summed E-state index contributed by atoms with van der Waals surface area (Å²) in [6, 6.07) is 4.84. The number of halogens is 3. The number of carbonyl (C=O) groups is 1. The highest BCUT2D eigenvalue weighted by atomic mass is 19.4. The molecule has 1 aliphatic heterocycles. The first-order valence-corrected chi connectivity index (χ1v) is 7.22. The van der Waals surface area contributed by atoms with Crippen LogP contribution < -0.4 is 4.90 Å². The van der Waals surface area contributed by atoms with Gasteiger partial charge in [-0.1, -0.05) is 0 Å². The van der Waals surface area contributed by atoms with Crippen molar-refractivity contribution < 1.29 is 22.7 Å². The van der Waals surface area contributed by atoms with E-state index in [0.29, 0.717) is 35.1 Å². The molecule has 3 rings (SSSR count). The van der Waals surface area contributed by atoms with Gasteiger partial charge < -0.3 is 9.64 Å². The van der Waals surface area contributed by atoms with Gasteiger partial charge in [0, 0.05) is 23.8 Å². The third-order valence-corrected chi connectivity index (χ3v) is 4.09. The Kier molecular flexibility index (Phi) is 3.87. The molecular formula is C16H15F3N2O2. The fourth-order valence-electron chi connectivity index (χ4n) is 3.02. The molecule has 1 aromatic heterocycles. The van der Waals surface area contributed by atoms with Crippen molar-refractivity contribution in [3.05, 3.63) is 36.0 Å². The van der Waals surface area contributed by atoms with Crippen molar-refractivity contribution in [2.45, 2.75) is 25.1 Å². The number of benzene rings is 1. The summed E-state index contributed by atoms with van der Waals surface area (Å²) in [4.78, 5) is 17.3. The molecule has 4 nitrogen and oxygen atoms in total. The van der Waals surface area contributed by atoms with Crippen LogP contribution in [0.3, 0.4) is 0 Å². The van der Waals surface area contributed by atoms with Crippen LogP contribution in [0.4, 0.5) is 18.9 Å². The standard InChI is InChI=1S/C16H15F3N2O2/c1-23-15(22)11-6-7-20-13-5-4-10(9-12(11)13)21-8-2-3-14(21)16(17,18)19/h4-7,9,14H,2-3,8H2,1H3. The number of rotatable bonds is 2. The lowest BCUT2D eigenvalue weighted by molar-refractivity contribution is -0.145. The van der Waals surface area contributed by atoms with Crippen LogP contribution in [-0.2, 0) is 4.74 Å². The lowest BCUT2D eigenvalue weighted by atomic mass is 10.1. The Morgan fingerprint density at radius 2 is 2.13 bits per heavy atom. The van der Waals surface area contributed by atoms with Crippen molar-refractivity contribution in [3.63, 3.8) is 0 Å². The topological polar surface area (TPSA) is 42.4 Å². The van der Waals surface area contributed by atoms with Crippen molar-refractivity contribution >= 4 is 22.6 Å². The van der Waals surface area contributed by atoms with Gasteiger partial charge in [0.05, 0.1) is 18.2 Å². The number of pyridine rings is 1. The molecule has 7 heteroatoms. The maximum atomic E-state index is 13.1. The summed E-state index contributed by atoms with van der Waals surface area (Å²) in [7, 11) is 1.26. The Hall–Kier alpha value is -2.31. The molecule has 1 saturated heterocycles. The number of anilines is 1. The number of ether oxygens (including phenoxy) is 1. The lowest BCUT2D eigenvalue weighted by Crippen LogP contribution is -2.41. The van der Waals surface area contributed by atoms with Gasteiger partial charge in [-0.15, -0.1) is 0 Å². The van der Waals surface area contributed by atoms with E-state index in [1.165, 1.54) is 24.3 Å². The summed E-state index contributed by atoms with van der Waals surface area (Å²) in [5, 5.41) is 0.490. The van der Waals surface area contributed by atoms with E-state index < -0.39 is 18.2 Å². The fraction of sp³-hybridized carbons (Fsp3) is 0.375. The molecule has 1 aromatic carbocycles. The molecule has 0 bridgehead atoms. The molecule has 0 saturated carbocycles. The quantitative estimate of drug-likeness (QED) is 0.792. The predicted octanol–water partition coefficient (Wildman–Crippen LogP) is 3.55. The minimum atomic E-state index is -4.27. The minimum absolute atomic E-state index is 0.0818. The van der Waals surface area contributed by atoms with E-state index in [0.717, 1.165) is 0 Å². The highest BCUT2D eigenvalue weighted by molar-refractivity contribution is 6.04. The van der Waals surface area contributed by atoms with Crippen LogP contribution in [-0.4, -0.2) is 36.8 Å². The number of hydrogen-bond acceptors (Lipinski definition) is 4. The van der Waals surface area contributed by atoms with E-state index in [9.17, 15) is 18.0 Å². The van der Waals surface area contributed by atoms with Gasteiger partial charge >= 0.3 is 12.1 Å². The Morgan fingerprint density at radius 1 is 1.35 bits per heavy atom. The summed E-state index contributed by atoms with van der Waals surface area (Å²) in [5.74, 6) is -0.539. The summed E-state index contributed by atoms with van der Waals surface area (Å²) in [6.07, 6.45) is -2.23. The molecule has 0 N–H and O–H groups in total. The van der Waals surface area contributed by atoms with Crippen molar-refractivity contribution in [2.75, 3.05) is 18.6 Å². The van der Waals surface area contributed by atoms with Gasteiger partial charge in [-0.25, -0.2) is 4.79 Å². The third kappa shape index (κ3) is 2.83. The van der Waals surface area contributed by atoms with E-state index in [4.69, 9.17) is 4.74 Å². The molecule has 0 radical (unpaired) electrons. The van der Waals surface area contributed by atoms with Gasteiger partial charge in [-0.05, 0) is 37.1 Å². The van der Waals surface area contributed by atoms with E-state index in [1.807, 2.05) is 0 Å². The number of carbonyl (C=O) groups excluding carboxylic acids is 1. The Morgan fingerprint density at radius 3 is 2.83 bits per heavy atom. The number of esters is 1. The predicted molar refractivity (Wildman–Crippen MR) is 79.5 cm³/mol. The maximum Gasteiger partial charge on any atom is 0.408 e. The highest BCUT2D eigenvalue weighted by Crippen LogP contribution is 2.37. The van der Waals surface area contributed by atoms with Crippen molar-refractivity contribution in [3.8, 4) is 0 Å². The molecule has 0 amide bonds. The number of alkyl halides is 3. The Balaban J connectivity index is 2.07. The largest absolute Gasteiger partial charge is 0.465 e. The fourth-order valence-corrected chi connectivity index (χ4v) is 3.02. The second kappa shape index (κ2) is 5.72. The van der Waals surface area contributed by atoms with Gasteiger partial charge in [0.1, 0.15) is 6.04 Å². The molecule has 1 atom stereocenters. The molecule has 122 valence electrons. The molecule has 2 aromatic rings. The number of methoxy groups -OCH3 is 1. The third-order valence-electron chi connectivity index (χ3n) is 4.09. The van der Waals surface area contributed by atoms with Crippen molar-refractivity contribution in [2.24, 2.45) is 0 Å².